The van der Waals surface area contributed by atoms with Gasteiger partial charge in [-0.25, -0.2) is 4.98 Å². The van der Waals surface area contributed by atoms with Crippen molar-refractivity contribution < 1.29 is 0 Å². The second-order valence-corrected chi connectivity index (χ2v) is 3.71. The maximum Gasteiger partial charge on any atom is 0.253 e. The molecule has 0 unspecified atom stereocenters. The van der Waals surface area contributed by atoms with Crippen LogP contribution in [0.15, 0.2) is 17.2 Å². The van der Waals surface area contributed by atoms with Gasteiger partial charge in [0.15, 0.2) is 0 Å². The summed E-state index contributed by atoms with van der Waals surface area (Å²) in [6.45, 7) is 1.85. The van der Waals surface area contributed by atoms with Crippen LogP contribution in [0.4, 0.5) is 0 Å². The molecule has 0 spiro atoms. The summed E-state index contributed by atoms with van der Waals surface area (Å²) in [7, 11) is 0. The first-order valence-electron chi connectivity index (χ1n) is 4.82. The number of hydrogen-bond donors (Lipinski definition) is 0. The standard InChI is InChI=1S/C10H14N2O/c1-8-6-10(13)12(7-11-8)9-4-2-3-5-9/h6-7,9H,2-5H2,1H3. The van der Waals surface area contributed by atoms with Crippen molar-refractivity contribution in [3.05, 3.63) is 28.4 Å². The minimum Gasteiger partial charge on any atom is -0.296 e. The van der Waals surface area contributed by atoms with Gasteiger partial charge in [-0.2, -0.15) is 0 Å². The number of rotatable bonds is 1. The molecule has 0 radical (unpaired) electrons. The zero-order valence-corrected chi connectivity index (χ0v) is 7.86. The number of hydrogen-bond acceptors (Lipinski definition) is 2. The average molecular weight is 178 g/mol. The Morgan fingerprint density at radius 1 is 1.46 bits per heavy atom. The van der Waals surface area contributed by atoms with E-state index >= 15 is 0 Å². The zero-order chi connectivity index (χ0) is 9.26. The van der Waals surface area contributed by atoms with Gasteiger partial charge in [0, 0.05) is 17.8 Å². The second-order valence-electron chi connectivity index (χ2n) is 3.71. The number of nitrogens with zero attached hydrogens (tertiary/aromatic N) is 2. The van der Waals surface area contributed by atoms with Crippen molar-refractivity contribution in [2.75, 3.05) is 0 Å². The molecule has 0 atom stereocenters. The highest BCUT2D eigenvalue weighted by Crippen LogP contribution is 2.27. The quantitative estimate of drug-likeness (QED) is 0.655. The van der Waals surface area contributed by atoms with Crippen molar-refractivity contribution in [3.63, 3.8) is 0 Å². The average Bonchev–Trinajstić information content (AvgIpc) is 2.56. The van der Waals surface area contributed by atoms with Gasteiger partial charge in [0.2, 0.25) is 0 Å². The molecule has 70 valence electrons. The van der Waals surface area contributed by atoms with Crippen LogP contribution in [-0.2, 0) is 0 Å². The molecular formula is C10H14N2O. The van der Waals surface area contributed by atoms with Crippen molar-refractivity contribution in [3.8, 4) is 0 Å². The highest BCUT2D eigenvalue weighted by atomic mass is 16.1. The number of aryl methyl sites for hydroxylation is 1. The summed E-state index contributed by atoms with van der Waals surface area (Å²) in [5.41, 5.74) is 0.902. The first kappa shape index (κ1) is 8.48. The van der Waals surface area contributed by atoms with E-state index in [0.29, 0.717) is 6.04 Å². The first-order chi connectivity index (χ1) is 6.27. The molecule has 1 saturated carbocycles. The Kier molecular flexibility index (Phi) is 2.17. The lowest BCUT2D eigenvalue weighted by Gasteiger charge is -2.11. The van der Waals surface area contributed by atoms with Crippen LogP contribution in [0.5, 0.6) is 0 Å². The van der Waals surface area contributed by atoms with Gasteiger partial charge in [-0.15, -0.1) is 0 Å². The van der Waals surface area contributed by atoms with Crippen molar-refractivity contribution >= 4 is 0 Å². The van der Waals surface area contributed by atoms with Crippen LogP contribution in [-0.4, -0.2) is 9.55 Å². The van der Waals surface area contributed by atoms with Gasteiger partial charge in [0.1, 0.15) is 0 Å². The first-order valence-corrected chi connectivity index (χ1v) is 4.82. The predicted molar refractivity (Wildman–Crippen MR) is 50.7 cm³/mol. The highest BCUT2D eigenvalue weighted by Gasteiger charge is 2.17. The second kappa shape index (κ2) is 3.32. The molecule has 0 N–H and O–H groups in total. The molecule has 13 heavy (non-hydrogen) atoms. The van der Waals surface area contributed by atoms with Crippen LogP contribution >= 0.6 is 0 Å². The summed E-state index contributed by atoms with van der Waals surface area (Å²) in [5.74, 6) is 0. The summed E-state index contributed by atoms with van der Waals surface area (Å²) in [6, 6.07) is 2.01. The third-order valence-electron chi connectivity index (χ3n) is 2.69. The lowest BCUT2D eigenvalue weighted by atomic mass is 10.2. The lowest BCUT2D eigenvalue weighted by molar-refractivity contribution is 0.494. The zero-order valence-electron chi connectivity index (χ0n) is 7.86. The van der Waals surface area contributed by atoms with Gasteiger partial charge in [-0.1, -0.05) is 12.8 Å². The molecule has 2 rings (SSSR count). The van der Waals surface area contributed by atoms with E-state index in [1.807, 2.05) is 6.92 Å². The van der Waals surface area contributed by atoms with E-state index in [0.717, 1.165) is 18.5 Å². The van der Waals surface area contributed by atoms with Crippen LogP contribution in [0.3, 0.4) is 0 Å². The molecule has 1 heterocycles. The summed E-state index contributed by atoms with van der Waals surface area (Å²) in [4.78, 5) is 15.7. The number of aromatic nitrogens is 2. The van der Waals surface area contributed by atoms with E-state index < -0.39 is 0 Å². The van der Waals surface area contributed by atoms with Crippen LogP contribution < -0.4 is 5.56 Å². The highest BCUT2D eigenvalue weighted by molar-refractivity contribution is 4.97. The van der Waals surface area contributed by atoms with Crippen molar-refractivity contribution in [2.24, 2.45) is 0 Å². The molecule has 0 aromatic carbocycles. The summed E-state index contributed by atoms with van der Waals surface area (Å²) >= 11 is 0. The van der Waals surface area contributed by atoms with E-state index in [1.165, 1.54) is 12.8 Å². The molecule has 3 nitrogen and oxygen atoms in total. The Bertz CT molecular complexity index is 350. The Morgan fingerprint density at radius 3 is 2.77 bits per heavy atom. The maximum absolute atomic E-state index is 11.6. The fourth-order valence-electron chi connectivity index (χ4n) is 1.96. The molecule has 0 bridgehead atoms. The summed E-state index contributed by atoms with van der Waals surface area (Å²) in [5, 5.41) is 0. The molecule has 3 heteroatoms. The van der Waals surface area contributed by atoms with Crippen molar-refractivity contribution in [2.45, 2.75) is 38.6 Å². The molecule has 0 amide bonds. The lowest BCUT2D eigenvalue weighted by Crippen LogP contribution is -2.23. The van der Waals surface area contributed by atoms with Gasteiger partial charge in [-0.3, -0.25) is 9.36 Å². The minimum absolute atomic E-state index is 0.0967. The third-order valence-corrected chi connectivity index (χ3v) is 2.69. The van der Waals surface area contributed by atoms with E-state index in [1.54, 1.807) is 17.0 Å². The molecule has 1 aromatic heterocycles. The molecule has 1 fully saturated rings. The minimum atomic E-state index is 0.0967. The SMILES string of the molecule is Cc1cc(=O)n(C2CCCC2)cn1. The fourth-order valence-corrected chi connectivity index (χ4v) is 1.96. The molecule has 0 aliphatic heterocycles. The largest absolute Gasteiger partial charge is 0.296 e. The smallest absolute Gasteiger partial charge is 0.253 e. The van der Waals surface area contributed by atoms with Crippen LogP contribution in [0, 0.1) is 6.92 Å². The Morgan fingerprint density at radius 2 is 2.15 bits per heavy atom. The predicted octanol–water partition coefficient (Wildman–Crippen LogP) is 1.67. The van der Waals surface area contributed by atoms with Crippen LogP contribution in [0.25, 0.3) is 0 Å². The molecule has 1 aromatic rings. The van der Waals surface area contributed by atoms with E-state index in [9.17, 15) is 4.79 Å². The van der Waals surface area contributed by atoms with Crippen LogP contribution in [0.1, 0.15) is 37.4 Å². The van der Waals surface area contributed by atoms with Crippen LogP contribution in [0.2, 0.25) is 0 Å². The molecule has 1 aliphatic carbocycles. The monoisotopic (exact) mass is 178 g/mol. The van der Waals surface area contributed by atoms with Gasteiger partial charge >= 0.3 is 0 Å². The Hall–Kier alpha value is -1.12. The van der Waals surface area contributed by atoms with Gasteiger partial charge in [0.05, 0.1) is 6.33 Å². The summed E-state index contributed by atoms with van der Waals surface area (Å²) < 4.78 is 1.78. The molecule has 0 saturated heterocycles. The summed E-state index contributed by atoms with van der Waals surface area (Å²) in [6.07, 6.45) is 6.43. The van der Waals surface area contributed by atoms with Gasteiger partial charge < -0.3 is 0 Å². The van der Waals surface area contributed by atoms with E-state index in [4.69, 9.17) is 0 Å². The van der Waals surface area contributed by atoms with Crippen molar-refractivity contribution in [1.29, 1.82) is 0 Å². The fraction of sp³-hybridized carbons (Fsp3) is 0.600. The third kappa shape index (κ3) is 1.64. The van der Waals surface area contributed by atoms with E-state index in [-0.39, 0.29) is 5.56 Å². The normalized spacial score (nSPS) is 17.9. The maximum atomic E-state index is 11.6. The van der Waals surface area contributed by atoms with E-state index in [2.05, 4.69) is 4.98 Å². The Balaban J connectivity index is 2.34. The molecular weight excluding hydrogens is 164 g/mol. The Labute approximate surface area is 77.4 Å². The molecule has 1 aliphatic rings. The topological polar surface area (TPSA) is 34.9 Å². The van der Waals surface area contributed by atoms with Crippen molar-refractivity contribution in [1.82, 2.24) is 9.55 Å². The van der Waals surface area contributed by atoms with Gasteiger partial charge in [-0.05, 0) is 19.8 Å². The van der Waals surface area contributed by atoms with Gasteiger partial charge in [0.25, 0.3) is 5.56 Å².